The molecule has 3 rings (SSSR count). The van der Waals surface area contributed by atoms with Gasteiger partial charge in [-0.15, -0.1) is 0 Å². The standard InChI is InChI=1S/C9H11N5O3.C9H10O2/c1-12-7-6(8(16)13(2)9(12)17)14(4-11-7)3-5(10)15;1-2-11-9(10)8-6-4-3-5-7-8/h4H,3H2,1-2H3,(H2,10,15);3-7H,2H2,1H3. The van der Waals surface area contributed by atoms with Crippen molar-refractivity contribution in [3.05, 3.63) is 63.1 Å². The molecule has 3 aromatic rings. The fourth-order valence-corrected chi connectivity index (χ4v) is 2.47. The lowest BCUT2D eigenvalue weighted by Gasteiger charge is -2.04. The number of hydrogen-bond acceptors (Lipinski definition) is 6. The topological polar surface area (TPSA) is 131 Å². The van der Waals surface area contributed by atoms with E-state index in [1.54, 1.807) is 19.1 Å². The first-order valence-electron chi connectivity index (χ1n) is 8.39. The number of amides is 1. The molecule has 10 heteroatoms. The van der Waals surface area contributed by atoms with Crippen LogP contribution in [0.4, 0.5) is 0 Å². The zero-order valence-corrected chi connectivity index (χ0v) is 15.8. The average Bonchev–Trinajstić information content (AvgIpc) is 3.09. The molecule has 0 unspecified atom stereocenters. The van der Waals surface area contributed by atoms with Crippen molar-refractivity contribution in [2.24, 2.45) is 19.8 Å². The van der Waals surface area contributed by atoms with Crippen LogP contribution in [-0.2, 0) is 30.2 Å². The summed E-state index contributed by atoms with van der Waals surface area (Å²) < 4.78 is 8.33. The van der Waals surface area contributed by atoms with Crippen LogP contribution in [0.1, 0.15) is 17.3 Å². The third-order valence-electron chi connectivity index (χ3n) is 3.83. The van der Waals surface area contributed by atoms with Gasteiger partial charge in [0.05, 0.1) is 18.5 Å². The van der Waals surface area contributed by atoms with Gasteiger partial charge in [0.15, 0.2) is 11.2 Å². The van der Waals surface area contributed by atoms with Gasteiger partial charge in [0.2, 0.25) is 5.91 Å². The first-order valence-corrected chi connectivity index (χ1v) is 8.39. The number of nitrogens with two attached hydrogens (primary N) is 1. The predicted octanol–water partition coefficient (Wildman–Crippen LogP) is -0.218. The quantitative estimate of drug-likeness (QED) is 0.616. The molecule has 0 aliphatic rings. The van der Waals surface area contributed by atoms with Crippen molar-refractivity contribution in [2.75, 3.05) is 6.61 Å². The van der Waals surface area contributed by atoms with Crippen molar-refractivity contribution in [1.82, 2.24) is 18.7 Å². The highest BCUT2D eigenvalue weighted by Crippen LogP contribution is 2.04. The van der Waals surface area contributed by atoms with Gasteiger partial charge < -0.3 is 15.0 Å². The number of carbonyl (C=O) groups is 2. The lowest BCUT2D eigenvalue weighted by Crippen LogP contribution is -2.37. The van der Waals surface area contributed by atoms with Gasteiger partial charge in [-0.3, -0.25) is 18.7 Å². The summed E-state index contributed by atoms with van der Waals surface area (Å²) in [6.45, 7) is 2.07. The second-order valence-corrected chi connectivity index (χ2v) is 5.80. The molecule has 0 saturated heterocycles. The van der Waals surface area contributed by atoms with Crippen molar-refractivity contribution in [1.29, 1.82) is 0 Å². The number of fused-ring (bicyclic) bond motifs is 1. The lowest BCUT2D eigenvalue weighted by molar-refractivity contribution is -0.118. The number of aryl methyl sites for hydroxylation is 1. The Balaban J connectivity index is 0.000000221. The van der Waals surface area contributed by atoms with E-state index in [0.29, 0.717) is 12.2 Å². The molecule has 148 valence electrons. The van der Waals surface area contributed by atoms with E-state index in [-0.39, 0.29) is 23.7 Å². The summed E-state index contributed by atoms with van der Waals surface area (Å²) in [5.74, 6) is -0.840. The lowest BCUT2D eigenvalue weighted by atomic mass is 10.2. The van der Waals surface area contributed by atoms with E-state index in [9.17, 15) is 19.2 Å². The van der Waals surface area contributed by atoms with Crippen LogP contribution in [0.15, 0.2) is 46.2 Å². The largest absolute Gasteiger partial charge is 0.462 e. The number of primary amides is 1. The maximum atomic E-state index is 11.9. The van der Waals surface area contributed by atoms with E-state index in [1.165, 1.54) is 29.6 Å². The van der Waals surface area contributed by atoms with E-state index in [4.69, 9.17) is 10.5 Å². The normalized spacial score (nSPS) is 10.2. The maximum absolute atomic E-state index is 11.9. The van der Waals surface area contributed by atoms with E-state index >= 15 is 0 Å². The van der Waals surface area contributed by atoms with Gasteiger partial charge in [-0.2, -0.15) is 0 Å². The number of aromatic nitrogens is 4. The van der Waals surface area contributed by atoms with Crippen LogP contribution < -0.4 is 17.0 Å². The van der Waals surface area contributed by atoms with Gasteiger partial charge in [-0.05, 0) is 19.1 Å². The van der Waals surface area contributed by atoms with Crippen LogP contribution in [0.2, 0.25) is 0 Å². The number of hydrogen-bond donors (Lipinski definition) is 1. The average molecular weight is 387 g/mol. The van der Waals surface area contributed by atoms with E-state index in [0.717, 1.165) is 4.57 Å². The van der Waals surface area contributed by atoms with Gasteiger partial charge in [-0.1, -0.05) is 18.2 Å². The van der Waals surface area contributed by atoms with Crippen molar-refractivity contribution < 1.29 is 14.3 Å². The minimum Gasteiger partial charge on any atom is -0.462 e. The molecule has 1 amide bonds. The molecular weight excluding hydrogens is 366 g/mol. The number of ether oxygens (including phenoxy) is 1. The third kappa shape index (κ3) is 4.34. The highest BCUT2D eigenvalue weighted by Gasteiger charge is 2.14. The van der Waals surface area contributed by atoms with Crippen LogP contribution in [0.5, 0.6) is 0 Å². The summed E-state index contributed by atoms with van der Waals surface area (Å²) in [4.78, 5) is 49.3. The van der Waals surface area contributed by atoms with Crippen LogP contribution >= 0.6 is 0 Å². The molecule has 0 radical (unpaired) electrons. The van der Waals surface area contributed by atoms with Crippen LogP contribution in [0.3, 0.4) is 0 Å². The fraction of sp³-hybridized carbons (Fsp3) is 0.278. The van der Waals surface area contributed by atoms with Crippen molar-refractivity contribution in [3.63, 3.8) is 0 Å². The molecule has 2 aromatic heterocycles. The molecule has 28 heavy (non-hydrogen) atoms. The molecule has 0 atom stereocenters. The molecule has 10 nitrogen and oxygen atoms in total. The van der Waals surface area contributed by atoms with Crippen LogP contribution in [-0.4, -0.2) is 37.2 Å². The number of benzene rings is 1. The van der Waals surface area contributed by atoms with E-state index in [2.05, 4.69) is 4.98 Å². The summed E-state index contributed by atoms with van der Waals surface area (Å²) in [5, 5.41) is 0. The molecule has 2 heterocycles. The third-order valence-corrected chi connectivity index (χ3v) is 3.83. The van der Waals surface area contributed by atoms with Gasteiger partial charge in [0, 0.05) is 14.1 Å². The summed E-state index contributed by atoms with van der Waals surface area (Å²) in [6.07, 6.45) is 1.32. The van der Waals surface area contributed by atoms with Gasteiger partial charge >= 0.3 is 11.7 Å². The number of imidazole rings is 1. The van der Waals surface area contributed by atoms with Crippen LogP contribution in [0, 0.1) is 0 Å². The molecule has 0 aliphatic heterocycles. The Morgan fingerprint density at radius 3 is 2.32 bits per heavy atom. The van der Waals surface area contributed by atoms with Gasteiger partial charge in [-0.25, -0.2) is 14.6 Å². The monoisotopic (exact) mass is 387 g/mol. The molecule has 0 bridgehead atoms. The first-order chi connectivity index (χ1) is 13.3. The second kappa shape index (κ2) is 8.80. The molecule has 0 spiro atoms. The number of rotatable bonds is 4. The highest BCUT2D eigenvalue weighted by atomic mass is 16.5. The smallest absolute Gasteiger partial charge is 0.338 e. The number of carbonyl (C=O) groups excluding carboxylic acids is 2. The summed E-state index contributed by atoms with van der Waals surface area (Å²) in [5.41, 5.74) is 5.13. The summed E-state index contributed by atoms with van der Waals surface area (Å²) in [6, 6.07) is 8.96. The summed E-state index contributed by atoms with van der Waals surface area (Å²) in [7, 11) is 2.87. The Morgan fingerprint density at radius 2 is 1.75 bits per heavy atom. The molecule has 0 aliphatic carbocycles. The van der Waals surface area contributed by atoms with Crippen molar-refractivity contribution in [3.8, 4) is 0 Å². The van der Waals surface area contributed by atoms with Crippen molar-refractivity contribution in [2.45, 2.75) is 13.5 Å². The van der Waals surface area contributed by atoms with E-state index in [1.807, 2.05) is 18.2 Å². The Labute approximate surface area is 159 Å². The predicted molar refractivity (Wildman–Crippen MR) is 102 cm³/mol. The minimum atomic E-state index is -0.583. The van der Waals surface area contributed by atoms with E-state index < -0.39 is 17.2 Å². The summed E-state index contributed by atoms with van der Waals surface area (Å²) >= 11 is 0. The molecular formula is C18H21N5O5. The van der Waals surface area contributed by atoms with Crippen LogP contribution in [0.25, 0.3) is 11.2 Å². The van der Waals surface area contributed by atoms with Crippen molar-refractivity contribution >= 4 is 23.0 Å². The zero-order chi connectivity index (χ0) is 20.8. The second-order valence-electron chi connectivity index (χ2n) is 5.80. The van der Waals surface area contributed by atoms with Gasteiger partial charge in [0.1, 0.15) is 6.54 Å². The number of nitrogens with zero attached hydrogens (tertiary/aromatic N) is 4. The Hall–Kier alpha value is -3.69. The Morgan fingerprint density at radius 1 is 1.11 bits per heavy atom. The number of esters is 1. The highest BCUT2D eigenvalue weighted by molar-refractivity contribution is 5.89. The maximum Gasteiger partial charge on any atom is 0.338 e. The molecule has 1 aromatic carbocycles. The fourth-order valence-electron chi connectivity index (χ4n) is 2.47. The Kier molecular flexibility index (Phi) is 6.48. The zero-order valence-electron chi connectivity index (χ0n) is 15.8. The van der Waals surface area contributed by atoms with Gasteiger partial charge in [0.25, 0.3) is 5.56 Å². The first kappa shape index (κ1) is 20.6. The minimum absolute atomic E-state index is 0.149. The Bertz CT molecular complexity index is 1110. The molecule has 0 saturated carbocycles. The molecule has 2 N–H and O–H groups in total. The molecule has 0 fully saturated rings. The SMILES string of the molecule is CCOC(=O)c1ccccc1.Cn1c(=O)c2c(ncn2CC(N)=O)n(C)c1=O.